The van der Waals surface area contributed by atoms with Crippen LogP contribution in [0.1, 0.15) is 43.7 Å². The minimum atomic E-state index is -0.898. The number of hydrogen-bond acceptors (Lipinski definition) is 7. The topological polar surface area (TPSA) is 96.4 Å². The summed E-state index contributed by atoms with van der Waals surface area (Å²) in [5.74, 6) is -1.62. The van der Waals surface area contributed by atoms with E-state index in [1.165, 1.54) is 0 Å². The van der Waals surface area contributed by atoms with Gasteiger partial charge in [-0.1, -0.05) is 42.5 Å². The lowest BCUT2D eigenvalue weighted by molar-refractivity contribution is -0.154. The highest BCUT2D eigenvalue weighted by Crippen LogP contribution is 2.67. The Morgan fingerprint density at radius 3 is 2.53 bits per heavy atom. The number of aliphatic hydroxyl groups excluding tert-OH is 1. The van der Waals surface area contributed by atoms with Crippen molar-refractivity contribution in [1.29, 1.82) is 0 Å². The predicted molar refractivity (Wildman–Crippen MR) is 168 cm³/mol. The number of thioether (sulfide) groups is 1. The summed E-state index contributed by atoms with van der Waals surface area (Å²) < 4.78 is 10.2. The number of anilines is 1. The van der Waals surface area contributed by atoms with Gasteiger partial charge in [0.15, 0.2) is 0 Å². The maximum Gasteiger partial charge on any atom is 0.310 e. The van der Waals surface area contributed by atoms with Crippen molar-refractivity contribution in [3.8, 4) is 5.75 Å². The largest absolute Gasteiger partial charge is 0.497 e. The standard InChI is InChI=1S/C34H40N2O6S/c1-4-6-7-11-21-42-33(40)28-27-18-19-34(43-27)29(28)31(38)36(26(22-37)23-12-9-8-10-13-23)30(34)32(39)35(20-5-2)24-14-16-25(41-3)17-15-24/h4-5,8-10,12-17,26-30,37H,1-2,6-7,11,18-22H2,3H3/t26-,27-,28+,29+,30?,34?/m1/s1. The van der Waals surface area contributed by atoms with E-state index in [4.69, 9.17) is 9.47 Å². The molecule has 43 heavy (non-hydrogen) atoms. The number of carbonyl (C=O) groups is 3. The molecule has 6 atom stereocenters. The first-order valence-corrected chi connectivity index (χ1v) is 15.8. The van der Waals surface area contributed by atoms with E-state index in [2.05, 4.69) is 13.2 Å². The minimum absolute atomic E-state index is 0.106. The van der Waals surface area contributed by atoms with E-state index >= 15 is 0 Å². The summed E-state index contributed by atoms with van der Waals surface area (Å²) in [6.45, 7) is 7.77. The number of ether oxygens (including phenoxy) is 2. The third-order valence-electron chi connectivity index (χ3n) is 8.95. The van der Waals surface area contributed by atoms with Crippen LogP contribution in [0.15, 0.2) is 79.9 Å². The van der Waals surface area contributed by atoms with Gasteiger partial charge in [0, 0.05) is 17.5 Å². The highest BCUT2D eigenvalue weighted by Gasteiger charge is 2.75. The van der Waals surface area contributed by atoms with Crippen molar-refractivity contribution in [3.63, 3.8) is 0 Å². The molecule has 1 N–H and O–H groups in total. The van der Waals surface area contributed by atoms with E-state index in [9.17, 15) is 19.5 Å². The number of aliphatic hydroxyl groups is 1. The highest BCUT2D eigenvalue weighted by molar-refractivity contribution is 8.02. The first kappa shape index (κ1) is 30.9. The van der Waals surface area contributed by atoms with Crippen LogP contribution in [0.5, 0.6) is 5.75 Å². The molecule has 8 nitrogen and oxygen atoms in total. The predicted octanol–water partition coefficient (Wildman–Crippen LogP) is 4.94. The lowest BCUT2D eigenvalue weighted by Gasteiger charge is -2.39. The van der Waals surface area contributed by atoms with E-state index in [0.717, 1.165) is 24.8 Å². The number of nitrogens with zero attached hydrogens (tertiary/aromatic N) is 2. The Labute approximate surface area is 257 Å². The molecular weight excluding hydrogens is 564 g/mol. The van der Waals surface area contributed by atoms with Crippen LogP contribution in [-0.4, -0.2) is 70.7 Å². The molecule has 3 aliphatic heterocycles. The maximum atomic E-state index is 14.8. The second kappa shape index (κ2) is 13.4. The Bertz CT molecular complexity index is 1330. The lowest BCUT2D eigenvalue weighted by Crippen LogP contribution is -2.56. The molecule has 3 aliphatic rings. The van der Waals surface area contributed by atoms with Crippen molar-refractivity contribution in [1.82, 2.24) is 4.90 Å². The van der Waals surface area contributed by atoms with Gasteiger partial charge in [0.25, 0.3) is 5.91 Å². The number of hydrogen-bond donors (Lipinski definition) is 1. The van der Waals surface area contributed by atoms with Crippen molar-refractivity contribution in [3.05, 3.63) is 85.5 Å². The second-order valence-electron chi connectivity index (χ2n) is 11.3. The summed E-state index contributed by atoms with van der Waals surface area (Å²) >= 11 is 1.59. The molecule has 0 saturated carbocycles. The molecule has 1 spiro atoms. The number of amides is 2. The van der Waals surface area contributed by atoms with Gasteiger partial charge in [-0.3, -0.25) is 14.4 Å². The van der Waals surface area contributed by atoms with Crippen molar-refractivity contribution in [2.24, 2.45) is 11.8 Å². The number of rotatable bonds is 14. The van der Waals surface area contributed by atoms with Gasteiger partial charge in [-0.15, -0.1) is 24.9 Å². The molecule has 228 valence electrons. The molecule has 3 saturated heterocycles. The Morgan fingerprint density at radius 2 is 1.88 bits per heavy atom. The summed E-state index contributed by atoms with van der Waals surface area (Å²) in [6.07, 6.45) is 7.26. The molecule has 2 aromatic rings. The van der Waals surface area contributed by atoms with Crippen molar-refractivity contribution >= 4 is 35.2 Å². The second-order valence-corrected chi connectivity index (χ2v) is 12.9. The molecule has 2 amide bonds. The summed E-state index contributed by atoms with van der Waals surface area (Å²) in [6, 6.07) is 14.8. The number of allylic oxidation sites excluding steroid dienone is 1. The van der Waals surface area contributed by atoms with E-state index < -0.39 is 28.7 Å². The van der Waals surface area contributed by atoms with Crippen LogP contribution in [-0.2, 0) is 19.1 Å². The Hall–Kier alpha value is -3.56. The van der Waals surface area contributed by atoms with Gasteiger partial charge in [-0.25, -0.2) is 0 Å². The lowest BCUT2D eigenvalue weighted by atomic mass is 9.71. The minimum Gasteiger partial charge on any atom is -0.497 e. The number of fused-ring (bicyclic) bond motifs is 1. The zero-order valence-corrected chi connectivity index (χ0v) is 25.4. The smallest absolute Gasteiger partial charge is 0.310 e. The van der Waals surface area contributed by atoms with Crippen LogP contribution >= 0.6 is 11.8 Å². The number of methoxy groups -OCH3 is 1. The molecule has 3 fully saturated rings. The summed E-state index contributed by atoms with van der Waals surface area (Å²) in [7, 11) is 1.58. The molecule has 5 rings (SSSR count). The van der Waals surface area contributed by atoms with Gasteiger partial charge >= 0.3 is 5.97 Å². The Morgan fingerprint density at radius 1 is 1.14 bits per heavy atom. The van der Waals surface area contributed by atoms with Crippen LogP contribution in [0, 0.1) is 11.8 Å². The summed E-state index contributed by atoms with van der Waals surface area (Å²) in [4.78, 5) is 46.1. The van der Waals surface area contributed by atoms with Crippen LogP contribution in [0.25, 0.3) is 0 Å². The fraction of sp³-hybridized carbons (Fsp3) is 0.441. The average molecular weight is 605 g/mol. The average Bonchev–Trinajstić information content (AvgIpc) is 3.68. The van der Waals surface area contributed by atoms with Crippen LogP contribution < -0.4 is 9.64 Å². The van der Waals surface area contributed by atoms with Gasteiger partial charge in [-0.05, 0) is 61.9 Å². The third kappa shape index (κ3) is 5.60. The van der Waals surface area contributed by atoms with Crippen molar-refractivity contribution in [2.75, 3.05) is 31.8 Å². The molecule has 2 aromatic carbocycles. The third-order valence-corrected chi connectivity index (χ3v) is 10.9. The maximum absolute atomic E-state index is 14.8. The number of benzene rings is 2. The molecule has 0 aliphatic carbocycles. The monoisotopic (exact) mass is 604 g/mol. The number of carbonyl (C=O) groups excluding carboxylic acids is 3. The summed E-state index contributed by atoms with van der Waals surface area (Å²) in [5, 5.41) is 10.6. The molecule has 3 heterocycles. The fourth-order valence-corrected chi connectivity index (χ4v) is 9.21. The molecule has 9 heteroatoms. The number of esters is 1. The van der Waals surface area contributed by atoms with Gasteiger partial charge < -0.3 is 24.4 Å². The van der Waals surface area contributed by atoms with E-state index in [0.29, 0.717) is 24.3 Å². The zero-order valence-electron chi connectivity index (χ0n) is 24.6. The fourth-order valence-electron chi connectivity index (χ4n) is 7.02. The Balaban J connectivity index is 1.54. The van der Waals surface area contributed by atoms with Crippen LogP contribution in [0.3, 0.4) is 0 Å². The quantitative estimate of drug-likeness (QED) is 0.185. The SMILES string of the molecule is C=CCCCCOC(=O)[C@@H]1[C@H]2C(=O)N([C@H](CO)c3ccccc3)C(C(=O)N(CC=C)c3ccc(OC)cc3)C23CC[C@H]1S3. The van der Waals surface area contributed by atoms with Crippen molar-refractivity contribution < 1.29 is 29.0 Å². The number of unbranched alkanes of at least 4 members (excludes halogenated alkanes) is 2. The molecule has 0 radical (unpaired) electrons. The van der Waals surface area contributed by atoms with Gasteiger partial charge in [-0.2, -0.15) is 0 Å². The first-order valence-electron chi connectivity index (χ1n) is 14.9. The van der Waals surface area contributed by atoms with E-state index in [-0.39, 0.29) is 42.8 Å². The van der Waals surface area contributed by atoms with E-state index in [1.54, 1.807) is 46.9 Å². The van der Waals surface area contributed by atoms with Crippen LogP contribution in [0.4, 0.5) is 5.69 Å². The molecule has 2 unspecified atom stereocenters. The Kier molecular flexibility index (Phi) is 9.62. The molecule has 2 bridgehead atoms. The molecule has 0 aromatic heterocycles. The van der Waals surface area contributed by atoms with Gasteiger partial charge in [0.2, 0.25) is 5.91 Å². The first-order chi connectivity index (χ1) is 20.9. The number of likely N-dealkylation sites (tertiary alicyclic amines) is 1. The highest BCUT2D eigenvalue weighted by atomic mass is 32.2. The normalized spacial score (nSPS) is 26.1. The van der Waals surface area contributed by atoms with Gasteiger partial charge in [0.05, 0.1) is 42.9 Å². The van der Waals surface area contributed by atoms with E-state index in [1.807, 2.05) is 48.5 Å². The van der Waals surface area contributed by atoms with Crippen LogP contribution in [0.2, 0.25) is 0 Å². The summed E-state index contributed by atoms with van der Waals surface area (Å²) in [5.41, 5.74) is 1.37. The van der Waals surface area contributed by atoms with Gasteiger partial charge in [0.1, 0.15) is 11.8 Å². The van der Waals surface area contributed by atoms with Crippen molar-refractivity contribution in [2.45, 2.75) is 54.2 Å². The zero-order chi connectivity index (χ0) is 30.6. The molecular formula is C34H40N2O6S.